The van der Waals surface area contributed by atoms with Crippen LogP contribution in [0, 0.1) is 23.1 Å². The summed E-state index contributed by atoms with van der Waals surface area (Å²) in [5.74, 6) is 0.222. The molecule has 1 aliphatic rings. The molecule has 2 nitrogen and oxygen atoms in total. The summed E-state index contributed by atoms with van der Waals surface area (Å²) < 4.78 is 13.4. The topological polar surface area (TPSA) is 27.0 Å². The fourth-order valence-corrected chi connectivity index (χ4v) is 2.61. The van der Waals surface area contributed by atoms with Gasteiger partial charge in [-0.1, -0.05) is 13.8 Å². The summed E-state index contributed by atoms with van der Waals surface area (Å²) in [6.45, 7) is 5.33. The molecular formula is C14H17FN2. The molecule has 1 aromatic rings. The van der Waals surface area contributed by atoms with Gasteiger partial charge in [0.05, 0.1) is 11.6 Å². The highest BCUT2D eigenvalue weighted by molar-refractivity contribution is 5.53. The molecule has 1 fully saturated rings. The predicted octanol–water partition coefficient (Wildman–Crippen LogP) is 3.32. The Bertz CT molecular complexity index is 448. The Morgan fingerprint density at radius 1 is 1.41 bits per heavy atom. The van der Waals surface area contributed by atoms with E-state index in [1.165, 1.54) is 12.1 Å². The first-order chi connectivity index (χ1) is 8.11. The minimum atomic E-state index is -0.326. The molecule has 0 saturated carbocycles. The van der Waals surface area contributed by atoms with E-state index < -0.39 is 0 Å². The summed E-state index contributed by atoms with van der Waals surface area (Å²) in [6.07, 6.45) is 2.29. The zero-order valence-corrected chi connectivity index (χ0v) is 10.3. The summed E-state index contributed by atoms with van der Waals surface area (Å²) in [5.41, 5.74) is 1.24. The van der Waals surface area contributed by atoms with Crippen LogP contribution in [0.2, 0.25) is 0 Å². The van der Waals surface area contributed by atoms with Crippen molar-refractivity contribution in [3.8, 4) is 6.07 Å². The van der Waals surface area contributed by atoms with Crippen LogP contribution in [0.4, 0.5) is 10.1 Å². The van der Waals surface area contributed by atoms with Crippen LogP contribution >= 0.6 is 0 Å². The molecule has 0 amide bonds. The molecule has 1 aliphatic heterocycles. The monoisotopic (exact) mass is 232 g/mol. The Balaban J connectivity index is 2.33. The van der Waals surface area contributed by atoms with Gasteiger partial charge in [-0.3, -0.25) is 0 Å². The maximum absolute atomic E-state index is 13.4. The molecule has 90 valence electrons. The van der Waals surface area contributed by atoms with Crippen molar-refractivity contribution in [2.24, 2.45) is 5.92 Å². The Kier molecular flexibility index (Phi) is 3.33. The normalized spacial score (nSPS) is 19.7. The molecular weight excluding hydrogens is 215 g/mol. The van der Waals surface area contributed by atoms with E-state index in [1.54, 1.807) is 6.07 Å². The molecule has 0 aliphatic carbocycles. The summed E-state index contributed by atoms with van der Waals surface area (Å²) in [7, 11) is 0. The van der Waals surface area contributed by atoms with Gasteiger partial charge in [-0.05, 0) is 37.0 Å². The van der Waals surface area contributed by atoms with Gasteiger partial charge in [0.25, 0.3) is 0 Å². The van der Waals surface area contributed by atoms with Crippen LogP contribution in [0.15, 0.2) is 18.2 Å². The number of anilines is 1. The Morgan fingerprint density at radius 3 is 2.82 bits per heavy atom. The molecule has 1 saturated heterocycles. The lowest BCUT2D eigenvalue weighted by Gasteiger charge is -2.29. The van der Waals surface area contributed by atoms with Crippen molar-refractivity contribution >= 4 is 5.69 Å². The van der Waals surface area contributed by atoms with Gasteiger partial charge in [-0.2, -0.15) is 5.26 Å². The first-order valence-corrected chi connectivity index (χ1v) is 6.09. The van der Waals surface area contributed by atoms with Gasteiger partial charge in [0.15, 0.2) is 0 Å². The van der Waals surface area contributed by atoms with E-state index in [1.807, 2.05) is 6.07 Å². The molecule has 3 heteroatoms. The van der Waals surface area contributed by atoms with Crippen LogP contribution in [0.5, 0.6) is 0 Å². The van der Waals surface area contributed by atoms with Gasteiger partial charge < -0.3 is 4.90 Å². The van der Waals surface area contributed by atoms with Crippen molar-refractivity contribution in [3.63, 3.8) is 0 Å². The second-order valence-electron chi connectivity index (χ2n) is 4.96. The van der Waals surface area contributed by atoms with Crippen LogP contribution in [-0.4, -0.2) is 12.6 Å². The maximum atomic E-state index is 13.4. The van der Waals surface area contributed by atoms with E-state index >= 15 is 0 Å². The first-order valence-electron chi connectivity index (χ1n) is 6.09. The van der Waals surface area contributed by atoms with E-state index in [0.717, 1.165) is 25.1 Å². The largest absolute Gasteiger partial charge is 0.368 e. The van der Waals surface area contributed by atoms with E-state index in [0.29, 0.717) is 17.5 Å². The SMILES string of the molecule is CC(C)C1CCCN1c1cc(F)cc(C#N)c1. The van der Waals surface area contributed by atoms with Gasteiger partial charge >= 0.3 is 0 Å². The second-order valence-corrected chi connectivity index (χ2v) is 4.96. The number of hydrogen-bond donors (Lipinski definition) is 0. The summed E-state index contributed by atoms with van der Waals surface area (Å²) in [5, 5.41) is 8.87. The number of halogens is 1. The molecule has 17 heavy (non-hydrogen) atoms. The third kappa shape index (κ3) is 2.41. The van der Waals surface area contributed by atoms with Crippen molar-refractivity contribution in [2.75, 3.05) is 11.4 Å². The summed E-state index contributed by atoms with van der Waals surface area (Å²) >= 11 is 0. The zero-order chi connectivity index (χ0) is 12.4. The van der Waals surface area contributed by atoms with Crippen LogP contribution in [0.3, 0.4) is 0 Å². The van der Waals surface area contributed by atoms with Crippen molar-refractivity contribution in [3.05, 3.63) is 29.6 Å². The zero-order valence-electron chi connectivity index (χ0n) is 10.3. The average molecular weight is 232 g/mol. The number of nitrogens with zero attached hydrogens (tertiary/aromatic N) is 2. The standard InChI is InChI=1S/C14H17FN2/c1-10(2)14-4-3-5-17(14)13-7-11(9-16)6-12(15)8-13/h6-8,10,14H,3-5H2,1-2H3. The van der Waals surface area contributed by atoms with Gasteiger partial charge in [0.2, 0.25) is 0 Å². The number of rotatable bonds is 2. The molecule has 2 rings (SSSR count). The van der Waals surface area contributed by atoms with E-state index in [-0.39, 0.29) is 5.82 Å². The molecule has 0 radical (unpaired) electrons. The molecule has 0 N–H and O–H groups in total. The fraction of sp³-hybridized carbons (Fsp3) is 0.500. The lowest BCUT2D eigenvalue weighted by molar-refractivity contribution is 0.491. The Hall–Kier alpha value is -1.56. The lowest BCUT2D eigenvalue weighted by Crippen LogP contribution is -2.33. The number of hydrogen-bond acceptors (Lipinski definition) is 2. The van der Waals surface area contributed by atoms with Gasteiger partial charge in [0.1, 0.15) is 5.82 Å². The highest BCUT2D eigenvalue weighted by atomic mass is 19.1. The van der Waals surface area contributed by atoms with Crippen molar-refractivity contribution in [1.29, 1.82) is 5.26 Å². The van der Waals surface area contributed by atoms with Gasteiger partial charge in [-0.25, -0.2) is 4.39 Å². The van der Waals surface area contributed by atoms with Gasteiger partial charge in [0, 0.05) is 18.3 Å². The highest BCUT2D eigenvalue weighted by Gasteiger charge is 2.27. The predicted molar refractivity (Wildman–Crippen MR) is 66.3 cm³/mol. The number of nitriles is 1. The molecule has 1 unspecified atom stereocenters. The van der Waals surface area contributed by atoms with Crippen LogP contribution in [0.25, 0.3) is 0 Å². The van der Waals surface area contributed by atoms with Crippen molar-refractivity contribution in [1.82, 2.24) is 0 Å². The van der Waals surface area contributed by atoms with Crippen LogP contribution < -0.4 is 4.90 Å². The highest BCUT2D eigenvalue weighted by Crippen LogP contribution is 2.30. The third-order valence-corrected chi connectivity index (χ3v) is 3.41. The van der Waals surface area contributed by atoms with E-state index in [9.17, 15) is 4.39 Å². The fourth-order valence-electron chi connectivity index (χ4n) is 2.61. The summed E-state index contributed by atoms with van der Waals surface area (Å²) in [4.78, 5) is 2.23. The van der Waals surface area contributed by atoms with E-state index in [4.69, 9.17) is 5.26 Å². The molecule has 0 bridgehead atoms. The summed E-state index contributed by atoms with van der Waals surface area (Å²) in [6, 6.07) is 7.06. The van der Waals surface area contributed by atoms with Crippen molar-refractivity contribution < 1.29 is 4.39 Å². The molecule has 1 heterocycles. The smallest absolute Gasteiger partial charge is 0.126 e. The average Bonchev–Trinajstić information content (AvgIpc) is 2.77. The molecule has 1 aromatic carbocycles. The quantitative estimate of drug-likeness (QED) is 0.782. The van der Waals surface area contributed by atoms with E-state index in [2.05, 4.69) is 18.7 Å². The van der Waals surface area contributed by atoms with Crippen molar-refractivity contribution in [2.45, 2.75) is 32.7 Å². The first kappa shape index (κ1) is 11.9. The maximum Gasteiger partial charge on any atom is 0.126 e. The van der Waals surface area contributed by atoms with Crippen LogP contribution in [-0.2, 0) is 0 Å². The minimum absolute atomic E-state index is 0.326. The molecule has 1 atom stereocenters. The number of benzene rings is 1. The molecule has 0 spiro atoms. The Morgan fingerprint density at radius 2 is 2.18 bits per heavy atom. The minimum Gasteiger partial charge on any atom is -0.368 e. The van der Waals surface area contributed by atoms with Crippen LogP contribution in [0.1, 0.15) is 32.3 Å². The Labute approximate surface area is 102 Å². The van der Waals surface area contributed by atoms with Gasteiger partial charge in [-0.15, -0.1) is 0 Å². The third-order valence-electron chi connectivity index (χ3n) is 3.41. The molecule has 0 aromatic heterocycles. The lowest BCUT2D eigenvalue weighted by atomic mass is 10.0. The second kappa shape index (κ2) is 4.75.